The Morgan fingerprint density at radius 3 is 2.00 bits per heavy atom. The highest BCUT2D eigenvalue weighted by Gasteiger charge is 2.55. The lowest BCUT2D eigenvalue weighted by atomic mass is 9.93. The monoisotopic (exact) mass is 488 g/mol. The third-order valence-electron chi connectivity index (χ3n) is 6.36. The average molecular weight is 489 g/mol. The molecule has 0 saturated carbocycles. The van der Waals surface area contributed by atoms with E-state index < -0.39 is 4.99 Å². The second-order valence-electron chi connectivity index (χ2n) is 8.83. The summed E-state index contributed by atoms with van der Waals surface area (Å²) in [6.07, 6.45) is 0. The van der Waals surface area contributed by atoms with E-state index in [4.69, 9.17) is 10.2 Å². The molecule has 4 aromatic carbocycles. The van der Waals surface area contributed by atoms with E-state index in [1.165, 1.54) is 11.8 Å². The summed E-state index contributed by atoms with van der Waals surface area (Å²) < 4.78 is 0. The summed E-state index contributed by atoms with van der Waals surface area (Å²) in [6.45, 7) is 3.63. The molecule has 0 aliphatic carbocycles. The van der Waals surface area contributed by atoms with Crippen LogP contribution >= 0.6 is 11.8 Å². The van der Waals surface area contributed by atoms with Crippen LogP contribution in [0.5, 0.6) is 0 Å². The van der Waals surface area contributed by atoms with Gasteiger partial charge in [-0.15, -0.1) is 0 Å². The van der Waals surface area contributed by atoms with Gasteiger partial charge in [-0.05, 0) is 43.0 Å². The first-order valence-electron chi connectivity index (χ1n) is 11.8. The van der Waals surface area contributed by atoms with Gasteiger partial charge in [-0.3, -0.25) is 4.79 Å². The SMILES string of the molecule is CC(=O)C1=NN(c2ccc(C)cc2)[C@@]2(S1)c1ccccc1C(c1ccccc1)=NN2c1ccccc1. The zero-order chi connectivity index (χ0) is 24.7. The first-order valence-corrected chi connectivity index (χ1v) is 12.6. The quantitative estimate of drug-likeness (QED) is 0.328. The Kier molecular flexibility index (Phi) is 5.46. The minimum atomic E-state index is -0.924. The Hall–Kier alpha value is -4.16. The molecule has 0 fully saturated rings. The fourth-order valence-electron chi connectivity index (χ4n) is 4.64. The molecular weight excluding hydrogens is 464 g/mol. The van der Waals surface area contributed by atoms with Gasteiger partial charge in [0.15, 0.2) is 10.8 Å². The standard InChI is InChI=1S/C30H24N4OS/c1-21-17-19-25(20-18-21)34-30(36-29(32-34)22(2)35)27-16-10-9-15-26(27)28(23-11-5-3-6-12-23)31-33(30)24-13-7-4-8-14-24/h3-20H,1-2H3/t30-/m1/s1. The molecule has 4 aromatic rings. The Morgan fingerprint density at radius 1 is 0.722 bits per heavy atom. The number of carbonyl (C=O) groups is 1. The summed E-state index contributed by atoms with van der Waals surface area (Å²) in [4.78, 5) is 11.8. The van der Waals surface area contributed by atoms with Gasteiger partial charge in [0.1, 0.15) is 0 Å². The predicted molar refractivity (Wildman–Crippen MR) is 148 cm³/mol. The molecule has 0 aromatic heterocycles. The van der Waals surface area contributed by atoms with Gasteiger partial charge in [-0.2, -0.15) is 10.2 Å². The summed E-state index contributed by atoms with van der Waals surface area (Å²) >= 11 is 1.44. The summed E-state index contributed by atoms with van der Waals surface area (Å²) in [5, 5.41) is 14.6. The number of rotatable bonds is 4. The lowest BCUT2D eigenvalue weighted by molar-refractivity contribution is -0.110. The molecule has 2 heterocycles. The molecular formula is C30H24N4OS. The van der Waals surface area contributed by atoms with E-state index in [0.717, 1.165) is 39.3 Å². The van der Waals surface area contributed by atoms with Crippen molar-refractivity contribution in [3.8, 4) is 0 Å². The molecule has 1 spiro atoms. The molecule has 176 valence electrons. The minimum Gasteiger partial charge on any atom is -0.292 e. The third kappa shape index (κ3) is 3.53. The number of hydrazone groups is 2. The molecule has 1 atom stereocenters. The third-order valence-corrected chi connectivity index (χ3v) is 7.78. The summed E-state index contributed by atoms with van der Waals surface area (Å²) in [7, 11) is 0. The highest BCUT2D eigenvalue weighted by atomic mass is 32.2. The van der Waals surface area contributed by atoms with Crippen LogP contribution in [0.3, 0.4) is 0 Å². The molecule has 6 rings (SSSR count). The molecule has 2 aliphatic rings. The smallest absolute Gasteiger partial charge is 0.234 e. The second kappa shape index (κ2) is 8.81. The van der Waals surface area contributed by atoms with Crippen LogP contribution in [0, 0.1) is 6.92 Å². The molecule has 0 saturated heterocycles. The topological polar surface area (TPSA) is 48.3 Å². The Labute approximate surface area is 214 Å². The number of thioether (sulfide) groups is 1. The number of aryl methyl sites for hydroxylation is 1. The van der Waals surface area contributed by atoms with E-state index in [1.54, 1.807) is 6.92 Å². The van der Waals surface area contributed by atoms with Crippen molar-refractivity contribution >= 4 is 39.7 Å². The molecule has 6 heteroatoms. The molecule has 0 radical (unpaired) electrons. The summed E-state index contributed by atoms with van der Waals surface area (Å²) in [5.74, 6) is -0.0719. The zero-order valence-electron chi connectivity index (χ0n) is 20.0. The Morgan fingerprint density at radius 2 is 1.31 bits per heavy atom. The van der Waals surface area contributed by atoms with Crippen molar-refractivity contribution in [2.24, 2.45) is 10.2 Å². The number of anilines is 2. The summed E-state index contributed by atoms with van der Waals surface area (Å²) in [5.41, 5.74) is 6.89. The van der Waals surface area contributed by atoms with Gasteiger partial charge < -0.3 is 0 Å². The van der Waals surface area contributed by atoms with Gasteiger partial charge in [0, 0.05) is 23.6 Å². The second-order valence-corrected chi connectivity index (χ2v) is 9.99. The maximum atomic E-state index is 12.7. The van der Waals surface area contributed by atoms with Gasteiger partial charge in [-0.25, -0.2) is 10.0 Å². The van der Waals surface area contributed by atoms with Gasteiger partial charge in [-0.1, -0.05) is 90.5 Å². The van der Waals surface area contributed by atoms with Crippen LogP contribution in [0.15, 0.2) is 119 Å². The van der Waals surface area contributed by atoms with E-state index >= 15 is 0 Å². The van der Waals surface area contributed by atoms with E-state index in [2.05, 4.69) is 43.3 Å². The fraction of sp³-hybridized carbons (Fsp3) is 0.100. The van der Waals surface area contributed by atoms with Crippen molar-refractivity contribution in [1.82, 2.24) is 0 Å². The van der Waals surface area contributed by atoms with Crippen molar-refractivity contribution in [3.63, 3.8) is 0 Å². The molecule has 0 amide bonds. The Balaban J connectivity index is 1.66. The van der Waals surface area contributed by atoms with Crippen LogP contribution in [0.25, 0.3) is 0 Å². The van der Waals surface area contributed by atoms with E-state index in [9.17, 15) is 4.79 Å². The highest BCUT2D eigenvalue weighted by molar-refractivity contribution is 8.17. The average Bonchev–Trinajstić information content (AvgIpc) is 3.32. The number of hydrogen-bond donors (Lipinski definition) is 0. The van der Waals surface area contributed by atoms with E-state index in [0.29, 0.717) is 5.04 Å². The molecule has 0 N–H and O–H groups in total. The predicted octanol–water partition coefficient (Wildman–Crippen LogP) is 6.53. The number of ketones is 1. The molecule has 2 aliphatic heterocycles. The van der Waals surface area contributed by atoms with Crippen molar-refractivity contribution < 1.29 is 4.79 Å². The van der Waals surface area contributed by atoms with Crippen LogP contribution in [-0.4, -0.2) is 16.5 Å². The normalized spacial score (nSPS) is 18.6. The number of hydrogen-bond acceptors (Lipinski definition) is 6. The molecule has 36 heavy (non-hydrogen) atoms. The lowest BCUT2D eigenvalue weighted by Crippen LogP contribution is -2.54. The highest BCUT2D eigenvalue weighted by Crippen LogP contribution is 2.54. The zero-order valence-corrected chi connectivity index (χ0v) is 20.8. The van der Waals surface area contributed by atoms with Gasteiger partial charge in [0.05, 0.1) is 17.1 Å². The number of nitrogens with zero attached hydrogens (tertiary/aromatic N) is 4. The summed E-state index contributed by atoms with van der Waals surface area (Å²) in [6, 6.07) is 36.8. The van der Waals surface area contributed by atoms with Crippen LogP contribution in [-0.2, 0) is 9.79 Å². The van der Waals surface area contributed by atoms with Crippen LogP contribution in [0.2, 0.25) is 0 Å². The first kappa shape index (κ1) is 22.3. The largest absolute Gasteiger partial charge is 0.292 e. The van der Waals surface area contributed by atoms with Crippen LogP contribution in [0.1, 0.15) is 29.2 Å². The fourth-order valence-corrected chi connectivity index (χ4v) is 5.93. The van der Waals surface area contributed by atoms with Crippen molar-refractivity contribution in [1.29, 1.82) is 0 Å². The number of carbonyl (C=O) groups excluding carboxylic acids is 1. The number of fused-ring (bicyclic) bond motifs is 2. The maximum absolute atomic E-state index is 12.7. The lowest BCUT2D eigenvalue weighted by Gasteiger charge is -2.47. The minimum absolute atomic E-state index is 0.0719. The van der Waals surface area contributed by atoms with Crippen molar-refractivity contribution in [2.75, 3.05) is 10.0 Å². The van der Waals surface area contributed by atoms with E-state index in [1.807, 2.05) is 82.8 Å². The van der Waals surface area contributed by atoms with Crippen LogP contribution in [0.4, 0.5) is 11.4 Å². The molecule has 0 bridgehead atoms. The first-order chi connectivity index (χ1) is 17.6. The van der Waals surface area contributed by atoms with Gasteiger partial charge in [0.25, 0.3) is 0 Å². The number of Topliss-reactive ketones (excluding diaryl/α,β-unsaturated/α-hetero) is 1. The number of para-hydroxylation sites is 1. The van der Waals surface area contributed by atoms with E-state index in [-0.39, 0.29) is 5.78 Å². The van der Waals surface area contributed by atoms with Crippen molar-refractivity contribution in [3.05, 3.63) is 131 Å². The number of benzene rings is 4. The molecule has 5 nitrogen and oxygen atoms in total. The van der Waals surface area contributed by atoms with Crippen LogP contribution < -0.4 is 10.0 Å². The Bertz CT molecular complexity index is 1500. The maximum Gasteiger partial charge on any atom is 0.234 e. The van der Waals surface area contributed by atoms with Gasteiger partial charge in [0.2, 0.25) is 4.99 Å². The van der Waals surface area contributed by atoms with Crippen molar-refractivity contribution in [2.45, 2.75) is 18.8 Å². The molecule has 0 unspecified atom stereocenters. The van der Waals surface area contributed by atoms with Gasteiger partial charge >= 0.3 is 0 Å².